The molecule has 0 aliphatic carbocycles. The zero-order valence-corrected chi connectivity index (χ0v) is 15.5. The number of aromatic nitrogens is 2. The van der Waals surface area contributed by atoms with Crippen LogP contribution in [0.4, 0.5) is 0 Å². The molecule has 0 radical (unpaired) electrons. The second-order valence-corrected chi connectivity index (χ2v) is 7.09. The Hall–Kier alpha value is -2.70. The van der Waals surface area contributed by atoms with Crippen LogP contribution in [0, 0.1) is 6.92 Å². The van der Waals surface area contributed by atoms with E-state index in [1.54, 1.807) is 12.4 Å². The van der Waals surface area contributed by atoms with E-state index in [-0.39, 0.29) is 0 Å². The summed E-state index contributed by atoms with van der Waals surface area (Å²) in [5, 5.41) is 15.1. The van der Waals surface area contributed by atoms with Gasteiger partial charge in [0.1, 0.15) is 5.65 Å². The van der Waals surface area contributed by atoms with E-state index in [1.165, 1.54) is 7.11 Å². The third-order valence-corrected chi connectivity index (χ3v) is 5.45. The van der Waals surface area contributed by atoms with Crippen molar-refractivity contribution in [3.8, 4) is 11.1 Å². The molecule has 0 saturated carbocycles. The summed E-state index contributed by atoms with van der Waals surface area (Å²) in [6, 6.07) is 7.98. The first-order valence-corrected chi connectivity index (χ1v) is 9.12. The first-order chi connectivity index (χ1) is 13.0. The van der Waals surface area contributed by atoms with E-state index in [0.29, 0.717) is 24.1 Å². The predicted octanol–water partition coefficient (Wildman–Crippen LogP) is 2.90. The number of pyridine rings is 1. The summed E-state index contributed by atoms with van der Waals surface area (Å²) in [5.41, 5.74) is 4.23. The summed E-state index contributed by atoms with van der Waals surface area (Å²) in [6.07, 6.45) is 4.76. The number of aryl methyl sites for hydroxylation is 1. The van der Waals surface area contributed by atoms with Crippen LogP contribution in [-0.2, 0) is 10.3 Å². The van der Waals surface area contributed by atoms with Gasteiger partial charge in [0.15, 0.2) is 0 Å². The minimum atomic E-state index is -0.785. The molecule has 0 spiro atoms. The van der Waals surface area contributed by atoms with Crippen molar-refractivity contribution in [3.63, 3.8) is 0 Å². The van der Waals surface area contributed by atoms with Gasteiger partial charge >= 0.3 is 5.97 Å². The van der Waals surface area contributed by atoms with Gasteiger partial charge in [0, 0.05) is 17.8 Å². The first kappa shape index (κ1) is 17.7. The summed E-state index contributed by atoms with van der Waals surface area (Å²) in [6.45, 7) is 3.65. The van der Waals surface area contributed by atoms with Crippen LogP contribution in [0.2, 0.25) is 0 Å². The second-order valence-electron chi connectivity index (χ2n) is 7.09. The minimum absolute atomic E-state index is 0.396. The number of benzene rings is 1. The van der Waals surface area contributed by atoms with Gasteiger partial charge in [-0.2, -0.15) is 0 Å². The minimum Gasteiger partial charge on any atom is -0.465 e. The van der Waals surface area contributed by atoms with E-state index in [2.05, 4.69) is 21.4 Å². The van der Waals surface area contributed by atoms with Crippen molar-refractivity contribution < 1.29 is 14.6 Å². The van der Waals surface area contributed by atoms with Crippen molar-refractivity contribution in [2.24, 2.45) is 0 Å². The predicted molar refractivity (Wildman–Crippen MR) is 104 cm³/mol. The summed E-state index contributed by atoms with van der Waals surface area (Å²) in [5.74, 6) is -0.396. The van der Waals surface area contributed by atoms with Crippen molar-refractivity contribution in [1.82, 2.24) is 15.3 Å². The molecule has 4 rings (SSSR count). The molecule has 1 aliphatic heterocycles. The Kier molecular flexibility index (Phi) is 4.45. The molecule has 6 nitrogen and oxygen atoms in total. The Morgan fingerprint density at radius 1 is 1.26 bits per heavy atom. The Labute approximate surface area is 157 Å². The smallest absolute Gasteiger partial charge is 0.340 e. The van der Waals surface area contributed by atoms with Gasteiger partial charge in [-0.15, -0.1) is 0 Å². The fraction of sp³-hybridized carbons (Fsp3) is 0.333. The molecule has 0 amide bonds. The van der Waals surface area contributed by atoms with Crippen molar-refractivity contribution in [3.05, 3.63) is 53.3 Å². The fourth-order valence-electron chi connectivity index (χ4n) is 4.03. The number of ether oxygens (including phenoxy) is 1. The molecule has 1 aromatic carbocycles. The lowest BCUT2D eigenvalue weighted by Crippen LogP contribution is -2.40. The van der Waals surface area contributed by atoms with Gasteiger partial charge in [0.25, 0.3) is 0 Å². The Balaban J connectivity index is 1.82. The lowest BCUT2D eigenvalue weighted by Gasteiger charge is -2.34. The lowest BCUT2D eigenvalue weighted by molar-refractivity contribution is 0.00539. The molecular weight excluding hydrogens is 342 g/mol. The third-order valence-electron chi connectivity index (χ3n) is 5.45. The normalized spacial score (nSPS) is 16.4. The number of nitrogens with zero attached hydrogens (tertiary/aromatic N) is 1. The highest BCUT2D eigenvalue weighted by Crippen LogP contribution is 2.36. The molecule has 0 atom stereocenters. The highest BCUT2D eigenvalue weighted by atomic mass is 16.5. The maximum absolute atomic E-state index is 12.1. The number of hydrogen-bond donors (Lipinski definition) is 3. The molecule has 1 aliphatic rings. The molecule has 6 heteroatoms. The zero-order valence-electron chi connectivity index (χ0n) is 15.5. The monoisotopic (exact) mass is 365 g/mol. The van der Waals surface area contributed by atoms with E-state index in [0.717, 1.165) is 40.7 Å². The quantitative estimate of drug-likeness (QED) is 0.621. The standard InChI is InChI=1S/C21H23N3O3/c1-13-11-14(3-4-17(13)21(26)6-9-22-10-7-21)15-5-8-23-19-18(15)16(12-24-19)20(25)27-2/h3-5,8,11-12,22,26H,6-7,9-10H2,1-2H3,(H,23,24). The molecule has 1 fully saturated rings. The van der Waals surface area contributed by atoms with Crippen LogP contribution in [0.1, 0.15) is 34.3 Å². The number of nitrogens with one attached hydrogen (secondary N) is 2. The molecule has 0 unspecified atom stereocenters. The van der Waals surface area contributed by atoms with Gasteiger partial charge in [-0.05, 0) is 61.2 Å². The molecular formula is C21H23N3O3. The number of H-pyrrole nitrogens is 1. The highest BCUT2D eigenvalue weighted by molar-refractivity contribution is 6.09. The fourth-order valence-corrected chi connectivity index (χ4v) is 4.03. The molecule has 3 N–H and O–H groups in total. The van der Waals surface area contributed by atoms with Gasteiger partial charge in [-0.1, -0.05) is 18.2 Å². The highest BCUT2D eigenvalue weighted by Gasteiger charge is 2.32. The molecule has 1 saturated heterocycles. The number of aliphatic hydroxyl groups is 1. The number of aromatic amines is 1. The number of methoxy groups -OCH3 is 1. The van der Waals surface area contributed by atoms with Gasteiger partial charge in [0.2, 0.25) is 0 Å². The van der Waals surface area contributed by atoms with Crippen LogP contribution < -0.4 is 5.32 Å². The molecule has 2 aromatic heterocycles. The van der Waals surface area contributed by atoms with Crippen LogP contribution in [0.3, 0.4) is 0 Å². The van der Waals surface area contributed by atoms with E-state index in [9.17, 15) is 9.90 Å². The van der Waals surface area contributed by atoms with Gasteiger partial charge in [0.05, 0.1) is 18.3 Å². The van der Waals surface area contributed by atoms with Crippen LogP contribution in [-0.4, -0.2) is 41.2 Å². The van der Waals surface area contributed by atoms with E-state index in [1.807, 2.05) is 25.1 Å². The summed E-state index contributed by atoms with van der Waals surface area (Å²) in [7, 11) is 1.37. The first-order valence-electron chi connectivity index (χ1n) is 9.12. The number of esters is 1. The number of piperidine rings is 1. The van der Waals surface area contributed by atoms with Gasteiger partial charge in [-0.25, -0.2) is 9.78 Å². The van der Waals surface area contributed by atoms with Crippen LogP contribution in [0.25, 0.3) is 22.2 Å². The third kappa shape index (κ3) is 3.01. The van der Waals surface area contributed by atoms with E-state index >= 15 is 0 Å². The van der Waals surface area contributed by atoms with Crippen LogP contribution >= 0.6 is 0 Å². The summed E-state index contributed by atoms with van der Waals surface area (Å²) >= 11 is 0. The van der Waals surface area contributed by atoms with Gasteiger partial charge in [-0.3, -0.25) is 0 Å². The number of rotatable bonds is 3. The van der Waals surface area contributed by atoms with Crippen LogP contribution in [0.15, 0.2) is 36.7 Å². The summed E-state index contributed by atoms with van der Waals surface area (Å²) < 4.78 is 4.90. The average Bonchev–Trinajstić information content (AvgIpc) is 3.12. The molecule has 27 heavy (non-hydrogen) atoms. The topological polar surface area (TPSA) is 87.2 Å². The Morgan fingerprint density at radius 3 is 2.74 bits per heavy atom. The largest absolute Gasteiger partial charge is 0.465 e. The SMILES string of the molecule is COC(=O)c1c[nH]c2nccc(-c3ccc(C4(O)CCNCC4)c(C)c3)c12. The zero-order chi connectivity index (χ0) is 19.0. The average molecular weight is 365 g/mol. The number of fused-ring (bicyclic) bond motifs is 1. The maximum atomic E-state index is 12.1. The van der Waals surface area contributed by atoms with E-state index in [4.69, 9.17) is 4.74 Å². The molecule has 3 aromatic rings. The number of hydrogen-bond acceptors (Lipinski definition) is 5. The molecule has 0 bridgehead atoms. The molecule has 140 valence electrons. The number of carbonyl (C=O) groups excluding carboxylic acids is 1. The van der Waals surface area contributed by atoms with Crippen molar-refractivity contribution in [1.29, 1.82) is 0 Å². The Morgan fingerprint density at radius 2 is 2.04 bits per heavy atom. The Bertz CT molecular complexity index is 1000. The van der Waals surface area contributed by atoms with Crippen molar-refractivity contribution in [2.75, 3.05) is 20.2 Å². The van der Waals surface area contributed by atoms with Crippen LogP contribution in [0.5, 0.6) is 0 Å². The van der Waals surface area contributed by atoms with Gasteiger partial charge < -0.3 is 20.1 Å². The van der Waals surface area contributed by atoms with Crippen molar-refractivity contribution in [2.45, 2.75) is 25.4 Å². The maximum Gasteiger partial charge on any atom is 0.340 e. The lowest BCUT2D eigenvalue weighted by atomic mass is 9.82. The molecule has 3 heterocycles. The summed E-state index contributed by atoms with van der Waals surface area (Å²) in [4.78, 5) is 19.5. The van der Waals surface area contributed by atoms with E-state index < -0.39 is 11.6 Å². The second kappa shape index (κ2) is 6.79. The van der Waals surface area contributed by atoms with Crippen molar-refractivity contribution >= 4 is 17.0 Å². The number of carbonyl (C=O) groups is 1.